The number of furan rings is 1. The molecular weight excluding hydrogens is 306 g/mol. The molecule has 0 saturated carbocycles. The number of nitrogens with zero attached hydrogens (tertiary/aromatic N) is 3. The molecule has 134 valence electrons. The molecule has 1 atom stereocenters. The summed E-state index contributed by atoms with van der Waals surface area (Å²) in [6.45, 7) is 3.36. The minimum atomic E-state index is 0.0522. The van der Waals surface area contributed by atoms with E-state index in [2.05, 4.69) is 20.5 Å². The Morgan fingerprint density at radius 3 is 2.96 bits per heavy atom. The van der Waals surface area contributed by atoms with Crippen LogP contribution in [0.3, 0.4) is 0 Å². The Bertz CT molecular complexity index is 527. The second kappa shape index (κ2) is 9.32. The van der Waals surface area contributed by atoms with Crippen molar-refractivity contribution in [2.75, 3.05) is 40.8 Å². The second-order valence-corrected chi connectivity index (χ2v) is 6.21. The zero-order valence-electron chi connectivity index (χ0n) is 14.9. The molecule has 1 aliphatic rings. The fourth-order valence-corrected chi connectivity index (χ4v) is 2.97. The van der Waals surface area contributed by atoms with E-state index in [1.807, 2.05) is 26.2 Å². The fraction of sp³-hybridized carbons (Fsp3) is 0.647. The van der Waals surface area contributed by atoms with Gasteiger partial charge in [-0.3, -0.25) is 14.7 Å². The second-order valence-electron chi connectivity index (χ2n) is 6.21. The maximum atomic E-state index is 12.2. The van der Waals surface area contributed by atoms with Gasteiger partial charge >= 0.3 is 0 Å². The van der Waals surface area contributed by atoms with Crippen LogP contribution in [-0.2, 0) is 11.3 Å². The van der Waals surface area contributed by atoms with Crippen molar-refractivity contribution in [2.45, 2.75) is 31.8 Å². The lowest BCUT2D eigenvalue weighted by Gasteiger charge is -2.26. The smallest absolute Gasteiger partial charge is 0.239 e. The van der Waals surface area contributed by atoms with Crippen LogP contribution < -0.4 is 10.6 Å². The molecular formula is C17H29N5O2. The molecule has 2 N–H and O–H groups in total. The molecule has 24 heavy (non-hydrogen) atoms. The molecule has 0 aromatic carbocycles. The first-order chi connectivity index (χ1) is 11.6. The number of hydrogen-bond acceptors (Lipinski definition) is 4. The number of likely N-dealkylation sites (N-methyl/N-ethyl adjacent to an activating group) is 1. The van der Waals surface area contributed by atoms with Gasteiger partial charge in [-0.15, -0.1) is 0 Å². The fourth-order valence-electron chi connectivity index (χ4n) is 2.97. The van der Waals surface area contributed by atoms with E-state index in [0.717, 1.165) is 50.6 Å². The SMILES string of the molecule is CN=C(NCCCN1CCCC1C(=O)N(C)C)NCc1ccco1. The van der Waals surface area contributed by atoms with Crippen LogP contribution in [0.2, 0.25) is 0 Å². The predicted octanol–water partition coefficient (Wildman–Crippen LogP) is 0.887. The summed E-state index contributed by atoms with van der Waals surface area (Å²) in [5, 5.41) is 6.51. The minimum absolute atomic E-state index is 0.0522. The van der Waals surface area contributed by atoms with Gasteiger partial charge in [0.1, 0.15) is 5.76 Å². The molecule has 1 aromatic rings. The van der Waals surface area contributed by atoms with Crippen molar-refractivity contribution in [3.63, 3.8) is 0 Å². The first kappa shape index (κ1) is 18.3. The highest BCUT2D eigenvalue weighted by Crippen LogP contribution is 2.18. The summed E-state index contributed by atoms with van der Waals surface area (Å²) in [5.41, 5.74) is 0. The van der Waals surface area contributed by atoms with E-state index in [1.54, 1.807) is 18.2 Å². The number of guanidine groups is 1. The summed E-state index contributed by atoms with van der Waals surface area (Å²) in [6.07, 6.45) is 4.70. The number of hydrogen-bond donors (Lipinski definition) is 2. The van der Waals surface area contributed by atoms with E-state index >= 15 is 0 Å². The van der Waals surface area contributed by atoms with Gasteiger partial charge < -0.3 is 20.0 Å². The largest absolute Gasteiger partial charge is 0.467 e. The standard InChI is InChI=1S/C17H29N5O2/c1-18-17(20-13-14-7-5-12-24-14)19-9-6-11-22-10-4-8-15(22)16(23)21(2)3/h5,7,12,15H,4,6,8-11,13H2,1-3H3,(H2,18,19,20). The molecule has 7 heteroatoms. The van der Waals surface area contributed by atoms with E-state index < -0.39 is 0 Å². The van der Waals surface area contributed by atoms with Crippen molar-refractivity contribution >= 4 is 11.9 Å². The van der Waals surface area contributed by atoms with Crippen LogP contribution in [0.25, 0.3) is 0 Å². The number of nitrogens with one attached hydrogen (secondary N) is 2. The van der Waals surface area contributed by atoms with Crippen molar-refractivity contribution in [2.24, 2.45) is 4.99 Å². The van der Waals surface area contributed by atoms with Gasteiger partial charge in [0.25, 0.3) is 0 Å². The summed E-state index contributed by atoms with van der Waals surface area (Å²) < 4.78 is 5.29. The van der Waals surface area contributed by atoms with Gasteiger partial charge in [0, 0.05) is 34.2 Å². The molecule has 7 nitrogen and oxygen atoms in total. The number of rotatable bonds is 7. The van der Waals surface area contributed by atoms with Gasteiger partial charge in [-0.05, 0) is 37.9 Å². The molecule has 2 heterocycles. The van der Waals surface area contributed by atoms with Crippen molar-refractivity contribution in [3.05, 3.63) is 24.2 Å². The molecule has 0 radical (unpaired) electrons. The lowest BCUT2D eigenvalue weighted by Crippen LogP contribution is -2.44. The maximum absolute atomic E-state index is 12.2. The Labute approximate surface area is 144 Å². The molecule has 1 aliphatic heterocycles. The average molecular weight is 335 g/mol. The van der Waals surface area contributed by atoms with Gasteiger partial charge in [-0.1, -0.05) is 0 Å². The van der Waals surface area contributed by atoms with Crippen molar-refractivity contribution < 1.29 is 9.21 Å². The van der Waals surface area contributed by atoms with Crippen molar-refractivity contribution in [3.8, 4) is 0 Å². The predicted molar refractivity (Wildman–Crippen MR) is 94.8 cm³/mol. The molecule has 0 bridgehead atoms. The minimum Gasteiger partial charge on any atom is -0.467 e. The molecule has 1 fully saturated rings. The zero-order chi connectivity index (χ0) is 17.4. The monoisotopic (exact) mass is 335 g/mol. The first-order valence-corrected chi connectivity index (χ1v) is 8.54. The van der Waals surface area contributed by atoms with E-state index in [-0.39, 0.29) is 11.9 Å². The van der Waals surface area contributed by atoms with Crippen LogP contribution >= 0.6 is 0 Å². The lowest BCUT2D eigenvalue weighted by molar-refractivity contribution is -0.133. The summed E-state index contributed by atoms with van der Waals surface area (Å²) in [6, 6.07) is 3.85. The highest BCUT2D eigenvalue weighted by atomic mass is 16.3. The molecule has 0 spiro atoms. The Hall–Kier alpha value is -2.02. The molecule has 1 amide bonds. The van der Waals surface area contributed by atoms with E-state index in [1.165, 1.54) is 0 Å². The third kappa shape index (κ3) is 5.26. The van der Waals surface area contributed by atoms with Crippen LogP contribution in [0.4, 0.5) is 0 Å². The lowest BCUT2D eigenvalue weighted by atomic mass is 10.2. The third-order valence-electron chi connectivity index (χ3n) is 4.24. The van der Waals surface area contributed by atoms with E-state index in [4.69, 9.17) is 4.42 Å². The molecule has 1 saturated heterocycles. The number of carbonyl (C=O) groups is 1. The highest BCUT2D eigenvalue weighted by molar-refractivity contribution is 5.81. The van der Waals surface area contributed by atoms with Gasteiger partial charge in [0.15, 0.2) is 5.96 Å². The summed E-state index contributed by atoms with van der Waals surface area (Å²) >= 11 is 0. The van der Waals surface area contributed by atoms with Gasteiger partial charge in [0.05, 0.1) is 18.8 Å². The van der Waals surface area contributed by atoms with E-state index in [9.17, 15) is 4.79 Å². The Balaban J connectivity index is 1.66. The number of carbonyl (C=O) groups excluding carboxylic acids is 1. The quantitative estimate of drug-likeness (QED) is 0.440. The molecule has 1 unspecified atom stereocenters. The van der Waals surface area contributed by atoms with Gasteiger partial charge in [0.2, 0.25) is 5.91 Å². The Kier molecular flexibility index (Phi) is 7.11. The number of amides is 1. The van der Waals surface area contributed by atoms with Crippen molar-refractivity contribution in [1.29, 1.82) is 0 Å². The Morgan fingerprint density at radius 2 is 2.29 bits per heavy atom. The van der Waals surface area contributed by atoms with Gasteiger partial charge in [-0.25, -0.2) is 0 Å². The van der Waals surface area contributed by atoms with Crippen LogP contribution in [-0.4, -0.2) is 68.5 Å². The van der Waals surface area contributed by atoms with Gasteiger partial charge in [-0.2, -0.15) is 0 Å². The van der Waals surface area contributed by atoms with Crippen LogP contribution in [0, 0.1) is 0 Å². The zero-order valence-corrected chi connectivity index (χ0v) is 14.9. The highest BCUT2D eigenvalue weighted by Gasteiger charge is 2.30. The average Bonchev–Trinajstić information content (AvgIpc) is 3.24. The Morgan fingerprint density at radius 1 is 1.46 bits per heavy atom. The summed E-state index contributed by atoms with van der Waals surface area (Å²) in [4.78, 5) is 20.4. The topological polar surface area (TPSA) is 73.1 Å². The van der Waals surface area contributed by atoms with Crippen LogP contribution in [0.15, 0.2) is 27.8 Å². The first-order valence-electron chi connectivity index (χ1n) is 8.54. The van der Waals surface area contributed by atoms with Crippen LogP contribution in [0.5, 0.6) is 0 Å². The number of likely N-dealkylation sites (tertiary alicyclic amines) is 1. The summed E-state index contributed by atoms with van der Waals surface area (Å²) in [7, 11) is 5.41. The maximum Gasteiger partial charge on any atom is 0.239 e. The molecule has 1 aromatic heterocycles. The van der Waals surface area contributed by atoms with Crippen LogP contribution in [0.1, 0.15) is 25.0 Å². The normalized spacial score (nSPS) is 18.6. The summed E-state index contributed by atoms with van der Waals surface area (Å²) in [5.74, 6) is 1.85. The third-order valence-corrected chi connectivity index (χ3v) is 4.24. The molecule has 2 rings (SSSR count). The number of aliphatic imine (C=N–C) groups is 1. The van der Waals surface area contributed by atoms with E-state index in [0.29, 0.717) is 6.54 Å². The van der Waals surface area contributed by atoms with Crippen molar-refractivity contribution in [1.82, 2.24) is 20.4 Å². The molecule has 0 aliphatic carbocycles.